The molecule has 0 aliphatic rings. The van der Waals surface area contributed by atoms with Crippen LogP contribution in [0.4, 0.5) is 0 Å². The molecule has 0 saturated heterocycles. The van der Waals surface area contributed by atoms with Crippen LogP contribution in [0.1, 0.15) is 0 Å². The van der Waals surface area contributed by atoms with Gasteiger partial charge in [0.15, 0.2) is 6.61 Å². The summed E-state index contributed by atoms with van der Waals surface area (Å²) in [6.07, 6.45) is 0. The second kappa shape index (κ2) is 6.10. The van der Waals surface area contributed by atoms with E-state index in [0.717, 1.165) is 22.4 Å². The zero-order chi connectivity index (χ0) is 15.7. The highest BCUT2D eigenvalue weighted by molar-refractivity contribution is 9.11. The molecule has 1 heterocycles. The Balaban J connectivity index is 1.99. The highest BCUT2D eigenvalue weighted by atomic mass is 79.9. The minimum Gasteiger partial charge on any atom is -0.480 e. The van der Waals surface area contributed by atoms with Gasteiger partial charge in [-0.3, -0.25) is 0 Å². The minimum absolute atomic E-state index is 0.402. The molecule has 0 atom stereocenters. The van der Waals surface area contributed by atoms with Gasteiger partial charge in [-0.05, 0) is 56.1 Å². The fourth-order valence-corrected chi connectivity index (χ4v) is 3.47. The number of halogens is 2. The monoisotopic (exact) mass is 424 g/mol. The summed E-state index contributed by atoms with van der Waals surface area (Å²) in [5.41, 5.74) is 2.70. The van der Waals surface area contributed by atoms with E-state index in [1.165, 1.54) is 0 Å². The third kappa shape index (κ3) is 3.00. The van der Waals surface area contributed by atoms with Crippen LogP contribution in [0.5, 0.6) is 5.75 Å². The fourth-order valence-electron chi connectivity index (χ4n) is 2.06. The summed E-state index contributed by atoms with van der Waals surface area (Å²) in [4.78, 5) is 18.4. The molecule has 0 fully saturated rings. The number of aromatic nitrogens is 2. The van der Waals surface area contributed by atoms with Crippen LogP contribution in [0.25, 0.3) is 22.4 Å². The highest BCUT2D eigenvalue weighted by Crippen LogP contribution is 2.37. The summed E-state index contributed by atoms with van der Waals surface area (Å²) in [6.45, 7) is -0.402. The first-order valence-electron chi connectivity index (χ1n) is 6.33. The first-order chi connectivity index (χ1) is 10.5. The molecule has 0 saturated carbocycles. The Bertz CT molecular complexity index is 805. The van der Waals surface area contributed by atoms with E-state index >= 15 is 0 Å². The molecule has 112 valence electrons. The summed E-state index contributed by atoms with van der Waals surface area (Å²) in [5.74, 6) is 0.148. The number of fused-ring (bicyclic) bond motifs is 1. The fraction of sp³-hybridized carbons (Fsp3) is 0.0667. The van der Waals surface area contributed by atoms with E-state index in [2.05, 4.69) is 41.8 Å². The Kier molecular flexibility index (Phi) is 4.17. The highest BCUT2D eigenvalue weighted by Gasteiger charge is 2.13. The predicted molar refractivity (Wildman–Crippen MR) is 90.1 cm³/mol. The molecule has 0 unspecified atom stereocenters. The van der Waals surface area contributed by atoms with Crippen LogP contribution in [0.3, 0.4) is 0 Å². The Morgan fingerprint density at radius 2 is 1.91 bits per heavy atom. The maximum absolute atomic E-state index is 10.6. The molecule has 1 aromatic heterocycles. The SMILES string of the molecule is O=C(O)COc1c(Br)cc(-c2nc3ccccc3[nH]2)cc1Br. The van der Waals surface area contributed by atoms with E-state index in [1.54, 1.807) is 0 Å². The number of carboxylic acids is 1. The van der Waals surface area contributed by atoms with Crippen molar-refractivity contribution in [3.63, 3.8) is 0 Å². The number of H-pyrrole nitrogens is 1. The summed E-state index contributed by atoms with van der Waals surface area (Å²) in [5, 5.41) is 8.70. The van der Waals surface area contributed by atoms with Crippen molar-refractivity contribution in [2.75, 3.05) is 6.61 Å². The van der Waals surface area contributed by atoms with E-state index in [9.17, 15) is 4.79 Å². The van der Waals surface area contributed by atoms with Crippen molar-refractivity contribution >= 4 is 48.9 Å². The molecule has 0 aliphatic carbocycles. The summed E-state index contributed by atoms with van der Waals surface area (Å²) < 4.78 is 6.56. The third-order valence-corrected chi connectivity index (χ3v) is 4.18. The van der Waals surface area contributed by atoms with Gasteiger partial charge in [-0.25, -0.2) is 9.78 Å². The number of imidazole rings is 1. The maximum Gasteiger partial charge on any atom is 0.341 e. The van der Waals surface area contributed by atoms with E-state index in [4.69, 9.17) is 9.84 Å². The van der Waals surface area contributed by atoms with E-state index in [0.29, 0.717) is 14.7 Å². The van der Waals surface area contributed by atoms with Crippen LogP contribution >= 0.6 is 31.9 Å². The Morgan fingerprint density at radius 1 is 1.23 bits per heavy atom. The molecule has 3 aromatic rings. The number of carboxylic acid groups (broad SMARTS) is 1. The number of aromatic amines is 1. The normalized spacial score (nSPS) is 10.8. The number of hydrogen-bond donors (Lipinski definition) is 2. The van der Waals surface area contributed by atoms with Gasteiger partial charge in [0.2, 0.25) is 0 Å². The lowest BCUT2D eigenvalue weighted by Gasteiger charge is -2.10. The lowest BCUT2D eigenvalue weighted by molar-refractivity contribution is -0.139. The van der Waals surface area contributed by atoms with Gasteiger partial charge in [-0.2, -0.15) is 0 Å². The van der Waals surface area contributed by atoms with Crippen LogP contribution in [0.2, 0.25) is 0 Å². The number of nitrogens with one attached hydrogen (secondary N) is 1. The molecule has 0 aliphatic heterocycles. The predicted octanol–water partition coefficient (Wildman–Crippen LogP) is 4.22. The van der Waals surface area contributed by atoms with Crippen LogP contribution in [-0.2, 0) is 4.79 Å². The van der Waals surface area contributed by atoms with Crippen LogP contribution < -0.4 is 4.74 Å². The number of ether oxygens (including phenoxy) is 1. The van der Waals surface area contributed by atoms with Crippen LogP contribution in [0, 0.1) is 0 Å². The molecule has 2 N–H and O–H groups in total. The van der Waals surface area contributed by atoms with Crippen molar-refractivity contribution < 1.29 is 14.6 Å². The topological polar surface area (TPSA) is 75.2 Å². The average molecular weight is 426 g/mol. The van der Waals surface area contributed by atoms with Gasteiger partial charge in [0.1, 0.15) is 11.6 Å². The number of aliphatic carboxylic acids is 1. The summed E-state index contributed by atoms with van der Waals surface area (Å²) in [6, 6.07) is 11.4. The van der Waals surface area contributed by atoms with Crippen LogP contribution in [0.15, 0.2) is 45.3 Å². The molecule has 0 bridgehead atoms. The van der Waals surface area contributed by atoms with Gasteiger partial charge in [0, 0.05) is 5.56 Å². The minimum atomic E-state index is -1.03. The third-order valence-electron chi connectivity index (χ3n) is 3.00. The number of nitrogens with zero attached hydrogens (tertiary/aromatic N) is 1. The van der Waals surface area contributed by atoms with Gasteiger partial charge in [-0.15, -0.1) is 0 Å². The van der Waals surface area contributed by atoms with Crippen molar-refractivity contribution in [1.82, 2.24) is 9.97 Å². The molecule has 7 heteroatoms. The molecule has 0 radical (unpaired) electrons. The van der Waals surface area contributed by atoms with E-state index in [-0.39, 0.29) is 0 Å². The lowest BCUT2D eigenvalue weighted by atomic mass is 10.2. The second-order valence-electron chi connectivity index (χ2n) is 4.55. The quantitative estimate of drug-likeness (QED) is 0.656. The molecule has 3 rings (SSSR count). The number of rotatable bonds is 4. The first kappa shape index (κ1) is 15.1. The number of carbonyl (C=O) groups is 1. The van der Waals surface area contributed by atoms with Gasteiger partial charge >= 0.3 is 5.97 Å². The molecular formula is C15H10Br2N2O3. The molecule has 0 spiro atoms. The summed E-state index contributed by atoms with van der Waals surface area (Å²) >= 11 is 6.80. The van der Waals surface area contributed by atoms with E-state index in [1.807, 2.05) is 36.4 Å². The van der Waals surface area contributed by atoms with Crippen molar-refractivity contribution in [2.45, 2.75) is 0 Å². The average Bonchev–Trinajstić information content (AvgIpc) is 2.89. The zero-order valence-corrected chi connectivity index (χ0v) is 14.3. The Hall–Kier alpha value is -1.86. The van der Waals surface area contributed by atoms with Gasteiger partial charge < -0.3 is 14.8 Å². The Morgan fingerprint density at radius 3 is 2.55 bits per heavy atom. The Labute approximate surface area is 142 Å². The molecule has 22 heavy (non-hydrogen) atoms. The first-order valence-corrected chi connectivity index (χ1v) is 7.92. The number of hydrogen-bond acceptors (Lipinski definition) is 3. The maximum atomic E-state index is 10.6. The summed E-state index contributed by atoms with van der Waals surface area (Å²) in [7, 11) is 0. The van der Waals surface area contributed by atoms with Gasteiger partial charge in [0.05, 0.1) is 20.0 Å². The number of para-hydroxylation sites is 2. The van der Waals surface area contributed by atoms with Crippen molar-refractivity contribution in [2.24, 2.45) is 0 Å². The molecule has 0 amide bonds. The largest absolute Gasteiger partial charge is 0.480 e. The van der Waals surface area contributed by atoms with Crippen molar-refractivity contribution in [3.8, 4) is 17.1 Å². The lowest BCUT2D eigenvalue weighted by Crippen LogP contribution is -2.10. The molecular weight excluding hydrogens is 416 g/mol. The van der Waals surface area contributed by atoms with Crippen LogP contribution in [-0.4, -0.2) is 27.7 Å². The van der Waals surface area contributed by atoms with Gasteiger partial charge in [0.25, 0.3) is 0 Å². The van der Waals surface area contributed by atoms with E-state index < -0.39 is 12.6 Å². The zero-order valence-electron chi connectivity index (χ0n) is 11.1. The molecule has 2 aromatic carbocycles. The smallest absolute Gasteiger partial charge is 0.341 e. The van der Waals surface area contributed by atoms with Crippen molar-refractivity contribution in [3.05, 3.63) is 45.3 Å². The second-order valence-corrected chi connectivity index (χ2v) is 6.26. The standard InChI is InChI=1S/C15H10Br2N2O3/c16-9-5-8(6-10(17)14(9)22-7-13(20)21)15-18-11-3-1-2-4-12(11)19-15/h1-6H,7H2,(H,18,19)(H,20,21). The molecule has 5 nitrogen and oxygen atoms in total. The number of benzene rings is 2. The van der Waals surface area contributed by atoms with Crippen molar-refractivity contribution in [1.29, 1.82) is 0 Å². The van der Waals surface area contributed by atoms with Gasteiger partial charge in [-0.1, -0.05) is 12.1 Å².